The van der Waals surface area contributed by atoms with Crippen LogP contribution in [0.15, 0.2) is 30.7 Å². The Morgan fingerprint density at radius 2 is 2.00 bits per heavy atom. The lowest BCUT2D eigenvalue weighted by atomic mass is 9.91. The van der Waals surface area contributed by atoms with Crippen LogP contribution < -0.4 is 20.7 Å². The molecule has 0 unspecified atom stereocenters. The number of hydrogen-bond acceptors (Lipinski definition) is 8. The lowest BCUT2D eigenvalue weighted by Crippen LogP contribution is -2.39. The van der Waals surface area contributed by atoms with Crippen molar-refractivity contribution in [3.63, 3.8) is 0 Å². The number of amides is 1. The first-order chi connectivity index (χ1) is 15.6. The Balaban J connectivity index is 1.38. The van der Waals surface area contributed by atoms with Gasteiger partial charge in [-0.15, -0.1) is 0 Å². The van der Waals surface area contributed by atoms with E-state index in [4.69, 9.17) is 9.72 Å². The summed E-state index contributed by atoms with van der Waals surface area (Å²) in [4.78, 5) is 24.9. The summed E-state index contributed by atoms with van der Waals surface area (Å²) in [6.45, 7) is 2.22. The van der Waals surface area contributed by atoms with Gasteiger partial charge in [-0.2, -0.15) is 15.1 Å². The number of nitrogens with one attached hydrogen (secondary N) is 3. The number of ether oxygens (including phenoxy) is 1. The molecule has 0 aromatic carbocycles. The van der Waals surface area contributed by atoms with Crippen LogP contribution >= 0.6 is 0 Å². The fraction of sp³-hybridized carbons (Fsp3) is 0.409. The lowest BCUT2D eigenvalue weighted by molar-refractivity contribution is -0.119. The Kier molecular flexibility index (Phi) is 5.34. The van der Waals surface area contributed by atoms with E-state index in [9.17, 15) is 4.79 Å². The van der Waals surface area contributed by atoms with Gasteiger partial charge >= 0.3 is 0 Å². The molecule has 10 nitrogen and oxygen atoms in total. The first kappa shape index (κ1) is 20.2. The Labute approximate surface area is 185 Å². The van der Waals surface area contributed by atoms with E-state index < -0.39 is 0 Å². The number of aromatic nitrogens is 5. The molecule has 1 aliphatic carbocycles. The third-order valence-corrected chi connectivity index (χ3v) is 5.97. The number of fused-ring (bicyclic) bond motifs is 2. The smallest absolute Gasteiger partial charge is 0.228 e. The van der Waals surface area contributed by atoms with E-state index in [0.29, 0.717) is 18.4 Å². The second-order valence-corrected chi connectivity index (χ2v) is 8.15. The summed E-state index contributed by atoms with van der Waals surface area (Å²) in [7, 11) is 1.62. The van der Waals surface area contributed by atoms with Crippen molar-refractivity contribution >= 4 is 28.9 Å². The summed E-state index contributed by atoms with van der Waals surface area (Å²) in [6.07, 6.45) is 9.36. The third-order valence-electron chi connectivity index (χ3n) is 5.97. The van der Waals surface area contributed by atoms with Gasteiger partial charge in [0.05, 0.1) is 12.7 Å². The highest BCUT2D eigenvalue weighted by Crippen LogP contribution is 2.38. The minimum atomic E-state index is 0.0297. The average molecular weight is 435 g/mol. The molecule has 1 aliphatic heterocycles. The molecule has 0 bridgehead atoms. The fourth-order valence-corrected chi connectivity index (χ4v) is 4.47. The predicted octanol–water partition coefficient (Wildman–Crippen LogP) is 2.24. The Bertz CT molecular complexity index is 1180. The van der Waals surface area contributed by atoms with Gasteiger partial charge in [-0.05, 0) is 43.4 Å². The van der Waals surface area contributed by atoms with Crippen molar-refractivity contribution in [2.24, 2.45) is 0 Å². The van der Waals surface area contributed by atoms with Crippen LogP contribution in [0.4, 0.5) is 11.8 Å². The molecule has 4 heterocycles. The van der Waals surface area contributed by atoms with Crippen LogP contribution in [0.3, 0.4) is 0 Å². The molecule has 5 rings (SSSR count). The van der Waals surface area contributed by atoms with Crippen molar-refractivity contribution in [1.82, 2.24) is 29.9 Å². The molecule has 0 saturated heterocycles. The van der Waals surface area contributed by atoms with Crippen molar-refractivity contribution in [1.29, 1.82) is 0 Å². The molecular formula is C22H26N8O2. The highest BCUT2D eigenvalue weighted by atomic mass is 16.5. The zero-order valence-corrected chi connectivity index (χ0v) is 18.1. The molecule has 10 heteroatoms. The largest absolute Gasteiger partial charge is 0.480 e. The summed E-state index contributed by atoms with van der Waals surface area (Å²) in [5.74, 6) is 1.83. The standard InChI is InChI=1S/C22H26N8O2/c1-13(31)26-15-4-6-16(7-5-15)27-22-28-20-19(21(29-22)32-2)17(9-10-23-20)14-3-8-18-24-12-25-30(18)11-14/h3,8-9,11-12,15-16H,4-7,10H2,1-2H3,(H,26,31)(H2,23,27,28,29). The molecule has 3 N–H and O–H groups in total. The lowest BCUT2D eigenvalue weighted by Gasteiger charge is -2.30. The highest BCUT2D eigenvalue weighted by Gasteiger charge is 2.26. The molecular weight excluding hydrogens is 408 g/mol. The van der Waals surface area contributed by atoms with Crippen molar-refractivity contribution in [3.05, 3.63) is 41.9 Å². The number of rotatable bonds is 5. The van der Waals surface area contributed by atoms with Gasteiger partial charge in [0.25, 0.3) is 0 Å². The number of carbonyl (C=O) groups is 1. The zero-order chi connectivity index (χ0) is 22.1. The molecule has 2 aliphatic rings. The van der Waals surface area contributed by atoms with E-state index in [1.165, 1.54) is 6.33 Å². The molecule has 1 fully saturated rings. The molecule has 1 saturated carbocycles. The number of pyridine rings is 1. The molecule has 1 amide bonds. The van der Waals surface area contributed by atoms with Gasteiger partial charge in [0.1, 0.15) is 12.1 Å². The first-order valence-corrected chi connectivity index (χ1v) is 10.8. The zero-order valence-electron chi connectivity index (χ0n) is 18.1. The number of hydrogen-bond donors (Lipinski definition) is 3. The number of methoxy groups -OCH3 is 1. The number of nitrogens with zero attached hydrogens (tertiary/aromatic N) is 5. The van der Waals surface area contributed by atoms with Crippen molar-refractivity contribution in [2.75, 3.05) is 24.3 Å². The summed E-state index contributed by atoms with van der Waals surface area (Å²) in [5.41, 5.74) is 3.61. The normalized spacial score (nSPS) is 20.1. The van der Waals surface area contributed by atoms with E-state index in [-0.39, 0.29) is 18.0 Å². The van der Waals surface area contributed by atoms with Gasteiger partial charge < -0.3 is 20.7 Å². The topological polar surface area (TPSA) is 118 Å². The maximum Gasteiger partial charge on any atom is 0.228 e. The fourth-order valence-electron chi connectivity index (χ4n) is 4.47. The van der Waals surface area contributed by atoms with E-state index in [2.05, 4.69) is 37.1 Å². The van der Waals surface area contributed by atoms with Gasteiger partial charge in [-0.25, -0.2) is 9.50 Å². The Morgan fingerprint density at radius 3 is 2.78 bits per heavy atom. The molecule has 0 radical (unpaired) electrons. The molecule has 0 atom stereocenters. The third kappa shape index (κ3) is 3.95. The molecule has 3 aromatic heterocycles. The highest BCUT2D eigenvalue weighted by molar-refractivity contribution is 5.89. The van der Waals surface area contributed by atoms with Gasteiger partial charge in [-0.1, -0.05) is 6.08 Å². The molecule has 3 aromatic rings. The Hall–Kier alpha value is -3.69. The summed E-state index contributed by atoms with van der Waals surface area (Å²) in [6, 6.07) is 4.47. The van der Waals surface area contributed by atoms with E-state index >= 15 is 0 Å². The summed E-state index contributed by atoms with van der Waals surface area (Å²) < 4.78 is 7.42. The first-order valence-electron chi connectivity index (χ1n) is 10.8. The second-order valence-electron chi connectivity index (χ2n) is 8.15. The maximum absolute atomic E-state index is 11.3. The van der Waals surface area contributed by atoms with Gasteiger partial charge in [0.2, 0.25) is 17.7 Å². The van der Waals surface area contributed by atoms with Gasteiger partial charge in [-0.3, -0.25) is 4.79 Å². The van der Waals surface area contributed by atoms with Crippen LogP contribution in [0.25, 0.3) is 11.2 Å². The number of carbonyl (C=O) groups excluding carboxylic acids is 1. The SMILES string of the molecule is COc1nc(NC2CCC(NC(C)=O)CC2)nc2c1C(c1ccc3ncnn3c1)=CCN2. The van der Waals surface area contributed by atoms with Gasteiger partial charge in [0, 0.05) is 37.3 Å². The van der Waals surface area contributed by atoms with Crippen LogP contribution in [0.5, 0.6) is 5.88 Å². The Morgan fingerprint density at radius 1 is 1.19 bits per heavy atom. The monoisotopic (exact) mass is 434 g/mol. The molecule has 0 spiro atoms. The van der Waals surface area contributed by atoms with Crippen molar-refractivity contribution in [3.8, 4) is 5.88 Å². The van der Waals surface area contributed by atoms with E-state index in [0.717, 1.165) is 53.8 Å². The quantitative estimate of drug-likeness (QED) is 0.560. The van der Waals surface area contributed by atoms with Crippen molar-refractivity contribution in [2.45, 2.75) is 44.7 Å². The second kappa shape index (κ2) is 8.45. The van der Waals surface area contributed by atoms with E-state index in [1.807, 2.05) is 18.3 Å². The summed E-state index contributed by atoms with van der Waals surface area (Å²) in [5, 5.41) is 14.1. The average Bonchev–Trinajstić information content (AvgIpc) is 3.27. The van der Waals surface area contributed by atoms with Crippen LogP contribution in [-0.2, 0) is 4.79 Å². The number of anilines is 2. The maximum atomic E-state index is 11.3. The van der Waals surface area contributed by atoms with Crippen LogP contribution in [0.2, 0.25) is 0 Å². The minimum absolute atomic E-state index is 0.0297. The minimum Gasteiger partial charge on any atom is -0.480 e. The molecule has 32 heavy (non-hydrogen) atoms. The summed E-state index contributed by atoms with van der Waals surface area (Å²) >= 11 is 0. The van der Waals surface area contributed by atoms with Crippen molar-refractivity contribution < 1.29 is 9.53 Å². The van der Waals surface area contributed by atoms with Crippen LogP contribution in [0, 0.1) is 0 Å². The molecule has 166 valence electrons. The predicted molar refractivity (Wildman–Crippen MR) is 121 cm³/mol. The van der Waals surface area contributed by atoms with Crippen LogP contribution in [0.1, 0.15) is 43.7 Å². The van der Waals surface area contributed by atoms with Gasteiger partial charge in [0.15, 0.2) is 5.65 Å². The van der Waals surface area contributed by atoms with Crippen LogP contribution in [-0.4, -0.2) is 56.2 Å². The van der Waals surface area contributed by atoms with E-state index in [1.54, 1.807) is 18.5 Å².